The molecule has 0 aliphatic carbocycles. The Balaban J connectivity index is 2.78. The first kappa shape index (κ1) is 14.5. The van der Waals surface area contributed by atoms with Gasteiger partial charge in [0.2, 0.25) is 5.91 Å². The van der Waals surface area contributed by atoms with Gasteiger partial charge in [0.25, 0.3) is 0 Å². The number of hydrogen-bond donors (Lipinski definition) is 3. The fourth-order valence-corrected chi connectivity index (χ4v) is 1.47. The summed E-state index contributed by atoms with van der Waals surface area (Å²) in [6.07, 6.45) is 1.57. The van der Waals surface area contributed by atoms with Gasteiger partial charge in [-0.05, 0) is 6.92 Å². The minimum absolute atomic E-state index is 0.437. The predicted molar refractivity (Wildman–Crippen MR) is 65.4 cm³/mol. The smallest absolute Gasteiger partial charge is 0.323 e. The van der Waals surface area contributed by atoms with Gasteiger partial charge < -0.3 is 21.1 Å². The van der Waals surface area contributed by atoms with E-state index in [0.29, 0.717) is 11.4 Å². The van der Waals surface area contributed by atoms with Crippen LogP contribution in [0.15, 0.2) is 6.20 Å². The first-order valence-electron chi connectivity index (χ1n) is 5.36. The number of carbonyl (C=O) groups excluding carboxylic acids is 2. The van der Waals surface area contributed by atoms with Crippen LogP contribution in [-0.2, 0) is 16.6 Å². The van der Waals surface area contributed by atoms with Crippen LogP contribution in [0.4, 0.5) is 10.5 Å². The van der Waals surface area contributed by atoms with E-state index in [1.165, 1.54) is 4.68 Å². The Labute approximate surface area is 109 Å². The van der Waals surface area contributed by atoms with Crippen molar-refractivity contribution in [1.29, 1.82) is 0 Å². The van der Waals surface area contributed by atoms with E-state index in [1.807, 2.05) is 0 Å². The van der Waals surface area contributed by atoms with E-state index >= 15 is 0 Å². The number of primary amides is 1. The molecule has 0 radical (unpaired) electrons. The molecule has 4 N–H and O–H groups in total. The second-order valence-corrected chi connectivity index (χ2v) is 3.95. The summed E-state index contributed by atoms with van der Waals surface area (Å²) in [5.74, 6) is -2.03. The monoisotopic (exact) mass is 269 g/mol. The topological polar surface area (TPSA) is 131 Å². The Hall–Kier alpha value is -2.58. The molecule has 0 saturated heterocycles. The van der Waals surface area contributed by atoms with Crippen LogP contribution in [0.25, 0.3) is 0 Å². The first-order chi connectivity index (χ1) is 8.79. The molecule has 1 heterocycles. The van der Waals surface area contributed by atoms with E-state index in [1.54, 1.807) is 20.2 Å². The average molecular weight is 269 g/mol. The molecular weight excluding hydrogens is 254 g/mol. The van der Waals surface area contributed by atoms with Crippen molar-refractivity contribution in [2.45, 2.75) is 6.92 Å². The Bertz CT molecular complexity index is 494. The fraction of sp³-hybridized carbons (Fsp3) is 0.400. The van der Waals surface area contributed by atoms with Gasteiger partial charge >= 0.3 is 12.0 Å². The molecular formula is C10H15N5O4. The van der Waals surface area contributed by atoms with E-state index in [4.69, 9.17) is 10.8 Å². The number of rotatable bonds is 5. The van der Waals surface area contributed by atoms with Crippen molar-refractivity contribution in [2.75, 3.05) is 18.4 Å². The van der Waals surface area contributed by atoms with Gasteiger partial charge in [0.1, 0.15) is 13.1 Å². The highest BCUT2D eigenvalue weighted by atomic mass is 16.4. The van der Waals surface area contributed by atoms with Gasteiger partial charge in [-0.2, -0.15) is 5.10 Å². The summed E-state index contributed by atoms with van der Waals surface area (Å²) < 4.78 is 1.50. The van der Waals surface area contributed by atoms with Crippen molar-refractivity contribution in [1.82, 2.24) is 14.7 Å². The zero-order valence-corrected chi connectivity index (χ0v) is 10.6. The van der Waals surface area contributed by atoms with Crippen molar-refractivity contribution in [3.05, 3.63) is 11.9 Å². The quantitative estimate of drug-likeness (QED) is 0.639. The number of nitrogens with one attached hydrogen (secondary N) is 1. The van der Waals surface area contributed by atoms with Crippen LogP contribution in [0.1, 0.15) is 5.69 Å². The number of urea groups is 1. The van der Waals surface area contributed by atoms with E-state index in [0.717, 1.165) is 4.90 Å². The third-order valence-electron chi connectivity index (χ3n) is 2.22. The van der Waals surface area contributed by atoms with Gasteiger partial charge in [-0.1, -0.05) is 0 Å². The third kappa shape index (κ3) is 4.30. The summed E-state index contributed by atoms with van der Waals surface area (Å²) in [7, 11) is 1.68. The summed E-state index contributed by atoms with van der Waals surface area (Å²) in [6.45, 7) is 0.594. The SMILES string of the molecule is Cc1nn(C)cc1NC(=O)N(CC(N)=O)CC(=O)O. The Kier molecular flexibility index (Phi) is 4.46. The lowest BCUT2D eigenvalue weighted by Gasteiger charge is -2.19. The van der Waals surface area contributed by atoms with Gasteiger partial charge in [-0.25, -0.2) is 4.79 Å². The minimum atomic E-state index is -1.24. The van der Waals surface area contributed by atoms with Crippen LogP contribution in [-0.4, -0.2) is 50.8 Å². The number of carbonyl (C=O) groups is 3. The summed E-state index contributed by atoms with van der Waals surface area (Å²) in [4.78, 5) is 34.1. The van der Waals surface area contributed by atoms with Crippen LogP contribution in [0, 0.1) is 6.92 Å². The maximum atomic E-state index is 11.9. The molecule has 1 rings (SSSR count). The Morgan fingerprint density at radius 3 is 2.53 bits per heavy atom. The van der Waals surface area contributed by atoms with Crippen LogP contribution >= 0.6 is 0 Å². The molecule has 0 aliphatic heterocycles. The zero-order valence-electron chi connectivity index (χ0n) is 10.6. The van der Waals surface area contributed by atoms with E-state index in [9.17, 15) is 14.4 Å². The largest absolute Gasteiger partial charge is 0.480 e. The number of carboxylic acids is 1. The zero-order chi connectivity index (χ0) is 14.6. The van der Waals surface area contributed by atoms with Crippen molar-refractivity contribution in [3.8, 4) is 0 Å². The number of hydrogen-bond acceptors (Lipinski definition) is 4. The summed E-state index contributed by atoms with van der Waals surface area (Å²) in [5.41, 5.74) is 5.98. The number of aliphatic carboxylic acids is 1. The molecule has 0 aromatic carbocycles. The molecule has 1 aromatic heterocycles. The maximum Gasteiger partial charge on any atom is 0.323 e. The van der Waals surface area contributed by atoms with Crippen molar-refractivity contribution < 1.29 is 19.5 Å². The average Bonchev–Trinajstić information content (AvgIpc) is 2.55. The molecule has 0 unspecified atom stereocenters. The molecule has 9 nitrogen and oxygen atoms in total. The first-order valence-corrected chi connectivity index (χ1v) is 5.36. The van der Waals surface area contributed by atoms with Crippen molar-refractivity contribution in [3.63, 3.8) is 0 Å². The van der Waals surface area contributed by atoms with Gasteiger partial charge in [-0.3, -0.25) is 14.3 Å². The van der Waals surface area contributed by atoms with Crippen molar-refractivity contribution >= 4 is 23.6 Å². The number of nitrogens with zero attached hydrogens (tertiary/aromatic N) is 3. The molecule has 104 valence electrons. The molecule has 0 bridgehead atoms. The molecule has 0 aliphatic rings. The summed E-state index contributed by atoms with van der Waals surface area (Å²) in [6, 6.07) is -0.725. The molecule has 1 aromatic rings. The number of nitrogens with two attached hydrogens (primary N) is 1. The van der Waals surface area contributed by atoms with Gasteiger partial charge in [0.05, 0.1) is 11.4 Å². The number of anilines is 1. The lowest BCUT2D eigenvalue weighted by Crippen LogP contribution is -2.43. The lowest BCUT2D eigenvalue weighted by molar-refractivity contribution is -0.137. The van der Waals surface area contributed by atoms with Gasteiger partial charge in [0.15, 0.2) is 0 Å². The molecule has 19 heavy (non-hydrogen) atoms. The maximum absolute atomic E-state index is 11.9. The van der Waals surface area contributed by atoms with E-state index in [-0.39, 0.29) is 0 Å². The lowest BCUT2D eigenvalue weighted by atomic mass is 10.4. The molecule has 0 atom stereocenters. The molecule has 0 spiro atoms. The van der Waals surface area contributed by atoms with Crippen molar-refractivity contribution in [2.24, 2.45) is 12.8 Å². The molecule has 0 fully saturated rings. The second kappa shape index (κ2) is 5.85. The molecule has 0 saturated carbocycles. The second-order valence-electron chi connectivity index (χ2n) is 3.95. The van der Waals surface area contributed by atoms with E-state index < -0.39 is 31.0 Å². The normalized spacial score (nSPS) is 10.0. The summed E-state index contributed by atoms with van der Waals surface area (Å²) >= 11 is 0. The fourth-order valence-electron chi connectivity index (χ4n) is 1.47. The van der Waals surface area contributed by atoms with Crippen LogP contribution < -0.4 is 11.1 Å². The van der Waals surface area contributed by atoms with E-state index in [2.05, 4.69) is 10.4 Å². The minimum Gasteiger partial charge on any atom is -0.480 e. The molecule has 3 amide bonds. The van der Waals surface area contributed by atoms with Crippen LogP contribution in [0.5, 0.6) is 0 Å². The highest BCUT2D eigenvalue weighted by Crippen LogP contribution is 2.12. The number of carboxylic acid groups (broad SMARTS) is 1. The Morgan fingerprint density at radius 2 is 2.11 bits per heavy atom. The predicted octanol–water partition coefficient (Wildman–Crippen LogP) is -0.868. The van der Waals surface area contributed by atoms with Crippen LogP contribution in [0.2, 0.25) is 0 Å². The Morgan fingerprint density at radius 1 is 1.47 bits per heavy atom. The standard InChI is InChI=1S/C10H15N5O4/c1-6-7(3-14(2)13-6)12-10(19)15(4-8(11)16)5-9(17)18/h3H,4-5H2,1-2H3,(H2,11,16)(H,12,19)(H,17,18). The van der Waals surface area contributed by atoms with Gasteiger partial charge in [0, 0.05) is 13.2 Å². The summed E-state index contributed by atoms with van der Waals surface area (Å²) in [5, 5.41) is 15.2. The van der Waals surface area contributed by atoms with Crippen LogP contribution in [0.3, 0.4) is 0 Å². The number of aromatic nitrogens is 2. The molecule has 9 heteroatoms. The van der Waals surface area contributed by atoms with Gasteiger partial charge in [-0.15, -0.1) is 0 Å². The number of amides is 3. The number of aryl methyl sites for hydroxylation is 2. The highest BCUT2D eigenvalue weighted by molar-refractivity contribution is 5.94. The highest BCUT2D eigenvalue weighted by Gasteiger charge is 2.20. The third-order valence-corrected chi connectivity index (χ3v) is 2.22.